The molecule has 0 saturated carbocycles. The molecule has 2 atom stereocenters. The van der Waals surface area contributed by atoms with Crippen LogP contribution in [0.2, 0.25) is 5.02 Å². The van der Waals surface area contributed by atoms with Gasteiger partial charge in [-0.2, -0.15) is 0 Å². The molecule has 0 fully saturated rings. The molecule has 124 valence electrons. The molecule has 1 N–H and O–H groups in total. The van der Waals surface area contributed by atoms with Crippen molar-refractivity contribution in [2.45, 2.75) is 32.4 Å². The third-order valence-corrected chi connectivity index (χ3v) is 4.52. The van der Waals surface area contributed by atoms with Crippen LogP contribution in [0.25, 0.3) is 0 Å². The molecule has 0 aliphatic carbocycles. The highest BCUT2D eigenvalue weighted by molar-refractivity contribution is 6.30. The van der Waals surface area contributed by atoms with Crippen molar-refractivity contribution in [3.8, 4) is 0 Å². The molecular formula is C19H19ClN2O2. The van der Waals surface area contributed by atoms with Crippen LogP contribution in [0.3, 0.4) is 0 Å². The van der Waals surface area contributed by atoms with E-state index in [0.717, 1.165) is 17.7 Å². The number of carbonyl (C=O) groups is 2. The van der Waals surface area contributed by atoms with Crippen LogP contribution in [0, 0.1) is 0 Å². The topological polar surface area (TPSA) is 49.4 Å². The van der Waals surface area contributed by atoms with E-state index in [2.05, 4.69) is 5.32 Å². The molecule has 0 saturated heterocycles. The Morgan fingerprint density at radius 3 is 2.54 bits per heavy atom. The molecule has 0 spiro atoms. The van der Waals surface area contributed by atoms with Gasteiger partial charge < -0.3 is 10.2 Å². The molecule has 2 amide bonds. The number of amides is 2. The van der Waals surface area contributed by atoms with Crippen molar-refractivity contribution < 1.29 is 9.59 Å². The zero-order valence-corrected chi connectivity index (χ0v) is 14.4. The summed E-state index contributed by atoms with van der Waals surface area (Å²) in [7, 11) is 0. The molecule has 2 unspecified atom stereocenters. The first-order valence-electron chi connectivity index (χ1n) is 7.95. The number of carbonyl (C=O) groups excluding carboxylic acids is 2. The summed E-state index contributed by atoms with van der Waals surface area (Å²) in [5.41, 5.74) is 2.58. The molecule has 1 aliphatic heterocycles. The minimum absolute atomic E-state index is 0.0878. The third-order valence-electron chi connectivity index (χ3n) is 4.27. The number of hydrogen-bond donors (Lipinski definition) is 1. The fourth-order valence-electron chi connectivity index (χ4n) is 3.05. The van der Waals surface area contributed by atoms with E-state index in [4.69, 9.17) is 11.6 Å². The molecule has 2 aromatic rings. The lowest BCUT2D eigenvalue weighted by molar-refractivity contribution is -0.120. The summed E-state index contributed by atoms with van der Waals surface area (Å²) in [5, 5.41) is 3.34. The van der Waals surface area contributed by atoms with Crippen LogP contribution in [0.5, 0.6) is 0 Å². The standard InChI is InChI=1S/C19H19ClN2O2/c1-12-11-15-5-3-4-6-17(15)22(12)19(24)13(2)21-18(23)14-7-9-16(20)10-8-14/h3-10,12-13H,11H2,1-2H3,(H,21,23). The Hall–Kier alpha value is -2.33. The lowest BCUT2D eigenvalue weighted by atomic mass is 10.1. The van der Waals surface area contributed by atoms with Gasteiger partial charge in [-0.15, -0.1) is 0 Å². The van der Waals surface area contributed by atoms with Crippen LogP contribution in [0.1, 0.15) is 29.8 Å². The number of nitrogens with zero attached hydrogens (tertiary/aromatic N) is 1. The van der Waals surface area contributed by atoms with Crippen molar-refractivity contribution in [3.63, 3.8) is 0 Å². The van der Waals surface area contributed by atoms with Crippen LogP contribution in [-0.2, 0) is 11.2 Å². The third kappa shape index (κ3) is 3.15. The summed E-state index contributed by atoms with van der Waals surface area (Å²) in [5.74, 6) is -0.387. The molecule has 1 aliphatic rings. The van der Waals surface area contributed by atoms with E-state index in [0.29, 0.717) is 10.6 Å². The van der Waals surface area contributed by atoms with E-state index >= 15 is 0 Å². The number of rotatable bonds is 3. The fourth-order valence-corrected chi connectivity index (χ4v) is 3.18. The van der Waals surface area contributed by atoms with Crippen molar-refractivity contribution in [1.82, 2.24) is 5.32 Å². The van der Waals surface area contributed by atoms with Gasteiger partial charge in [0.05, 0.1) is 0 Å². The zero-order chi connectivity index (χ0) is 17.3. The molecule has 0 radical (unpaired) electrons. The van der Waals surface area contributed by atoms with E-state index in [9.17, 15) is 9.59 Å². The van der Waals surface area contributed by atoms with Crippen LogP contribution in [-0.4, -0.2) is 23.9 Å². The van der Waals surface area contributed by atoms with Crippen LogP contribution >= 0.6 is 11.6 Å². The van der Waals surface area contributed by atoms with Gasteiger partial charge in [-0.1, -0.05) is 29.8 Å². The average molecular weight is 343 g/mol. The van der Waals surface area contributed by atoms with Crippen molar-refractivity contribution in [2.24, 2.45) is 0 Å². The normalized spacial score (nSPS) is 17.3. The second kappa shape index (κ2) is 6.65. The smallest absolute Gasteiger partial charge is 0.251 e. The second-order valence-electron chi connectivity index (χ2n) is 6.09. The van der Waals surface area contributed by atoms with Crippen molar-refractivity contribution in [3.05, 3.63) is 64.7 Å². The highest BCUT2D eigenvalue weighted by atomic mass is 35.5. The Morgan fingerprint density at radius 1 is 1.17 bits per heavy atom. The largest absolute Gasteiger partial charge is 0.341 e. The number of benzene rings is 2. The Morgan fingerprint density at radius 2 is 1.83 bits per heavy atom. The van der Waals surface area contributed by atoms with E-state index < -0.39 is 6.04 Å². The Bertz CT molecular complexity index is 773. The van der Waals surface area contributed by atoms with Gasteiger partial charge in [0.2, 0.25) is 5.91 Å². The predicted octanol–water partition coefficient (Wildman–Crippen LogP) is 3.44. The van der Waals surface area contributed by atoms with Gasteiger partial charge in [-0.25, -0.2) is 0 Å². The number of anilines is 1. The first-order chi connectivity index (χ1) is 11.5. The van der Waals surface area contributed by atoms with Gasteiger partial charge in [-0.3, -0.25) is 9.59 Å². The van der Waals surface area contributed by atoms with Crippen LogP contribution in [0.15, 0.2) is 48.5 Å². The maximum atomic E-state index is 12.8. The Kier molecular flexibility index (Phi) is 4.58. The van der Waals surface area contributed by atoms with E-state index in [1.54, 1.807) is 36.1 Å². The quantitative estimate of drug-likeness (QED) is 0.929. The summed E-state index contributed by atoms with van der Waals surface area (Å²) in [4.78, 5) is 26.9. The fraction of sp³-hybridized carbons (Fsp3) is 0.263. The molecular weight excluding hydrogens is 324 g/mol. The first-order valence-corrected chi connectivity index (χ1v) is 8.32. The Labute approximate surface area is 146 Å². The van der Waals surface area contributed by atoms with E-state index in [-0.39, 0.29) is 17.9 Å². The summed E-state index contributed by atoms with van der Waals surface area (Å²) in [6.45, 7) is 3.73. The second-order valence-corrected chi connectivity index (χ2v) is 6.53. The molecule has 2 aromatic carbocycles. The highest BCUT2D eigenvalue weighted by Crippen LogP contribution is 2.32. The molecule has 0 bridgehead atoms. The van der Waals surface area contributed by atoms with Crippen molar-refractivity contribution >= 4 is 29.1 Å². The van der Waals surface area contributed by atoms with Crippen LogP contribution in [0.4, 0.5) is 5.69 Å². The molecule has 3 rings (SSSR count). The van der Waals surface area contributed by atoms with Gasteiger partial charge in [0.25, 0.3) is 5.91 Å². The summed E-state index contributed by atoms with van der Waals surface area (Å²) >= 11 is 5.83. The number of fused-ring (bicyclic) bond motifs is 1. The average Bonchev–Trinajstić information content (AvgIpc) is 2.90. The van der Waals surface area contributed by atoms with Gasteiger partial charge in [0, 0.05) is 22.3 Å². The monoisotopic (exact) mass is 342 g/mol. The van der Waals surface area contributed by atoms with E-state index in [1.165, 1.54) is 0 Å². The van der Waals surface area contributed by atoms with Gasteiger partial charge in [-0.05, 0) is 56.2 Å². The minimum Gasteiger partial charge on any atom is -0.341 e. The summed E-state index contributed by atoms with van der Waals surface area (Å²) in [6.07, 6.45) is 0.833. The van der Waals surface area contributed by atoms with Gasteiger partial charge in [0.1, 0.15) is 6.04 Å². The minimum atomic E-state index is -0.609. The lowest BCUT2D eigenvalue weighted by Crippen LogP contribution is -2.49. The SMILES string of the molecule is CC(NC(=O)c1ccc(Cl)cc1)C(=O)N1c2ccccc2CC1C. The zero-order valence-electron chi connectivity index (χ0n) is 13.6. The molecule has 4 nitrogen and oxygen atoms in total. The molecule has 1 heterocycles. The highest BCUT2D eigenvalue weighted by Gasteiger charge is 2.33. The van der Waals surface area contributed by atoms with Crippen molar-refractivity contribution in [1.29, 1.82) is 0 Å². The maximum absolute atomic E-state index is 12.8. The molecule has 24 heavy (non-hydrogen) atoms. The number of nitrogens with one attached hydrogen (secondary N) is 1. The van der Waals surface area contributed by atoms with Gasteiger partial charge >= 0.3 is 0 Å². The summed E-state index contributed by atoms with van der Waals surface area (Å²) < 4.78 is 0. The molecule has 0 aromatic heterocycles. The lowest BCUT2D eigenvalue weighted by Gasteiger charge is -2.26. The van der Waals surface area contributed by atoms with Crippen molar-refractivity contribution in [2.75, 3.05) is 4.90 Å². The van der Waals surface area contributed by atoms with Gasteiger partial charge in [0.15, 0.2) is 0 Å². The number of para-hydroxylation sites is 1. The number of hydrogen-bond acceptors (Lipinski definition) is 2. The van der Waals surface area contributed by atoms with Crippen LogP contribution < -0.4 is 10.2 Å². The summed E-state index contributed by atoms with van der Waals surface area (Å²) in [6, 6.07) is 14.0. The molecule has 5 heteroatoms. The Balaban J connectivity index is 1.73. The maximum Gasteiger partial charge on any atom is 0.251 e. The number of halogens is 1. The predicted molar refractivity (Wildman–Crippen MR) is 95.5 cm³/mol. The first kappa shape index (κ1) is 16.5. The van der Waals surface area contributed by atoms with E-state index in [1.807, 2.05) is 31.2 Å².